The van der Waals surface area contributed by atoms with Gasteiger partial charge < -0.3 is 5.01 Å². The van der Waals surface area contributed by atoms with Crippen molar-refractivity contribution in [3.63, 3.8) is 0 Å². The number of piperidine rings is 1. The van der Waals surface area contributed by atoms with E-state index in [2.05, 4.69) is 4.98 Å². The van der Waals surface area contributed by atoms with Crippen LogP contribution >= 0.6 is 11.6 Å². The van der Waals surface area contributed by atoms with Gasteiger partial charge in [0.05, 0.1) is 0 Å². The lowest BCUT2D eigenvalue weighted by atomic mass is 10.00. The van der Waals surface area contributed by atoms with Crippen molar-refractivity contribution in [2.45, 2.75) is 45.2 Å². The number of nitrogens with one attached hydrogen (secondary N) is 1. The lowest BCUT2D eigenvalue weighted by molar-refractivity contribution is 0.318. The fourth-order valence-electron chi connectivity index (χ4n) is 2.49. The number of hydrogen-bond donors (Lipinski definition) is 1. The lowest BCUT2D eigenvalue weighted by Crippen LogP contribution is -2.60. The predicted octanol–water partition coefficient (Wildman–Crippen LogP) is 1.23. The van der Waals surface area contributed by atoms with Crippen molar-refractivity contribution >= 4 is 11.6 Å². The van der Waals surface area contributed by atoms with Gasteiger partial charge in [0.1, 0.15) is 0 Å². The quantitative estimate of drug-likeness (QED) is 0.784. The molecule has 0 radical (unpaired) electrons. The number of nitrogens with zero attached hydrogens (tertiary/aromatic N) is 2. The molecule has 2 heterocycles. The zero-order valence-electron chi connectivity index (χ0n) is 10.2. The molecule has 7 heteroatoms. The maximum atomic E-state index is 13.5. The summed E-state index contributed by atoms with van der Waals surface area (Å²) in [7, 11) is 0. The lowest BCUT2D eigenvalue weighted by Gasteiger charge is -2.40. The number of aromatic amines is 1. The summed E-state index contributed by atoms with van der Waals surface area (Å²) in [6.07, 6.45) is 2.75. The molecule has 0 saturated carbocycles. The van der Waals surface area contributed by atoms with Gasteiger partial charge in [0.2, 0.25) is 5.82 Å². The normalized spacial score (nSPS) is 24.3. The van der Waals surface area contributed by atoms with Crippen LogP contribution in [0.2, 0.25) is 5.15 Å². The molecule has 0 bridgehead atoms. The Balaban J connectivity index is 2.60. The molecule has 1 saturated heterocycles. The maximum absolute atomic E-state index is 13.5. The molecule has 1 N–H and O–H groups in total. The summed E-state index contributed by atoms with van der Waals surface area (Å²) in [5, 5.41) is 1.09. The maximum Gasteiger partial charge on any atom is 0.348 e. The highest BCUT2D eigenvalue weighted by molar-refractivity contribution is 6.29. The van der Waals surface area contributed by atoms with Gasteiger partial charge >= 0.3 is 11.2 Å². The summed E-state index contributed by atoms with van der Waals surface area (Å²) in [6, 6.07) is 0.0150. The predicted molar refractivity (Wildman–Crippen MR) is 67.3 cm³/mol. The molecule has 2 rings (SSSR count). The zero-order valence-corrected chi connectivity index (χ0v) is 11.0. The number of rotatable bonds is 1. The summed E-state index contributed by atoms with van der Waals surface area (Å²) in [5.41, 5.74) is -1.70. The van der Waals surface area contributed by atoms with Crippen LogP contribution in [0.15, 0.2) is 9.59 Å². The van der Waals surface area contributed by atoms with Crippen molar-refractivity contribution in [3.05, 3.63) is 31.8 Å². The molecule has 1 aromatic heterocycles. The molecule has 2 atom stereocenters. The van der Waals surface area contributed by atoms with E-state index in [0.29, 0.717) is 0 Å². The van der Waals surface area contributed by atoms with E-state index < -0.39 is 22.2 Å². The van der Waals surface area contributed by atoms with Crippen molar-refractivity contribution in [1.82, 2.24) is 9.66 Å². The van der Waals surface area contributed by atoms with Crippen LogP contribution in [-0.2, 0) is 0 Å². The second-order valence-corrected chi connectivity index (χ2v) is 5.06. The van der Waals surface area contributed by atoms with Crippen LogP contribution < -0.4 is 16.3 Å². The molecule has 2 unspecified atom stereocenters. The molecule has 0 aliphatic carbocycles. The van der Waals surface area contributed by atoms with Gasteiger partial charge in [-0.1, -0.05) is 11.6 Å². The topological polar surface area (TPSA) is 58.1 Å². The Morgan fingerprint density at radius 1 is 1.28 bits per heavy atom. The van der Waals surface area contributed by atoms with Gasteiger partial charge in [-0.3, -0.25) is 9.78 Å². The summed E-state index contributed by atoms with van der Waals surface area (Å²) >= 11 is 5.44. The summed E-state index contributed by atoms with van der Waals surface area (Å²) in [6.45, 7) is 3.82. The largest absolute Gasteiger partial charge is 0.348 e. The molecule has 100 valence electrons. The van der Waals surface area contributed by atoms with Gasteiger partial charge in [-0.05, 0) is 33.1 Å². The third kappa shape index (κ3) is 2.05. The van der Waals surface area contributed by atoms with Crippen molar-refractivity contribution in [2.75, 3.05) is 5.01 Å². The first-order chi connectivity index (χ1) is 8.43. The van der Waals surface area contributed by atoms with Gasteiger partial charge in [0, 0.05) is 12.1 Å². The first kappa shape index (κ1) is 13.1. The number of aromatic nitrogens is 2. The first-order valence-electron chi connectivity index (χ1n) is 5.92. The minimum atomic E-state index is -1.12. The van der Waals surface area contributed by atoms with E-state index in [-0.39, 0.29) is 12.1 Å². The Kier molecular flexibility index (Phi) is 3.47. The Labute approximate surface area is 108 Å². The molecule has 5 nitrogen and oxygen atoms in total. The molecule has 0 amide bonds. The van der Waals surface area contributed by atoms with E-state index in [1.54, 1.807) is 5.01 Å². The smallest absolute Gasteiger partial charge is 0.300 e. The van der Waals surface area contributed by atoms with E-state index in [1.165, 1.54) is 0 Å². The molecular weight excluding hydrogens is 261 g/mol. The fourth-order valence-corrected chi connectivity index (χ4v) is 2.65. The van der Waals surface area contributed by atoms with Gasteiger partial charge in [0.15, 0.2) is 5.15 Å². The Morgan fingerprint density at radius 3 is 2.39 bits per heavy atom. The van der Waals surface area contributed by atoms with E-state index in [1.807, 2.05) is 13.8 Å². The highest BCUT2D eigenvalue weighted by atomic mass is 35.5. The Morgan fingerprint density at radius 2 is 1.83 bits per heavy atom. The van der Waals surface area contributed by atoms with Crippen molar-refractivity contribution in [3.8, 4) is 0 Å². The number of halogens is 2. The summed E-state index contributed by atoms with van der Waals surface area (Å²) < 4.78 is 14.3. The zero-order chi connectivity index (χ0) is 13.4. The minimum Gasteiger partial charge on any atom is -0.300 e. The van der Waals surface area contributed by atoms with E-state index in [0.717, 1.165) is 23.9 Å². The molecule has 1 aromatic rings. The SMILES string of the molecule is CC1CCCC(C)N1n1c(=O)[nH]c(Cl)c(F)c1=O. The van der Waals surface area contributed by atoms with E-state index >= 15 is 0 Å². The summed E-state index contributed by atoms with van der Waals surface area (Å²) in [4.78, 5) is 25.8. The highest BCUT2D eigenvalue weighted by Gasteiger charge is 2.28. The van der Waals surface area contributed by atoms with Crippen LogP contribution in [0.4, 0.5) is 4.39 Å². The van der Waals surface area contributed by atoms with Crippen molar-refractivity contribution < 1.29 is 4.39 Å². The van der Waals surface area contributed by atoms with Gasteiger partial charge in [-0.25, -0.2) is 4.79 Å². The number of hydrogen-bond acceptors (Lipinski definition) is 3. The van der Waals surface area contributed by atoms with Gasteiger partial charge in [0.25, 0.3) is 0 Å². The van der Waals surface area contributed by atoms with Crippen LogP contribution in [0.3, 0.4) is 0 Å². The molecule has 18 heavy (non-hydrogen) atoms. The van der Waals surface area contributed by atoms with Crippen LogP contribution in [0, 0.1) is 5.82 Å². The second kappa shape index (κ2) is 4.76. The third-order valence-corrected chi connectivity index (χ3v) is 3.62. The average Bonchev–Trinajstić information content (AvgIpc) is 2.30. The van der Waals surface area contributed by atoms with Crippen molar-refractivity contribution in [2.24, 2.45) is 0 Å². The van der Waals surface area contributed by atoms with E-state index in [9.17, 15) is 14.0 Å². The van der Waals surface area contributed by atoms with Crippen molar-refractivity contribution in [1.29, 1.82) is 0 Å². The average molecular weight is 276 g/mol. The van der Waals surface area contributed by atoms with Gasteiger partial charge in [-0.15, -0.1) is 0 Å². The number of H-pyrrole nitrogens is 1. The van der Waals surface area contributed by atoms with Crippen LogP contribution in [0.25, 0.3) is 0 Å². The molecule has 1 fully saturated rings. The summed E-state index contributed by atoms with van der Waals surface area (Å²) in [5.74, 6) is -1.12. The Bertz CT molecular complexity index is 558. The molecule has 1 aliphatic heterocycles. The monoisotopic (exact) mass is 275 g/mol. The fraction of sp³-hybridized carbons (Fsp3) is 0.636. The minimum absolute atomic E-state index is 0.00752. The molecule has 0 spiro atoms. The van der Waals surface area contributed by atoms with Gasteiger partial charge in [-0.2, -0.15) is 9.07 Å². The highest BCUT2D eigenvalue weighted by Crippen LogP contribution is 2.19. The molecule has 1 aliphatic rings. The van der Waals surface area contributed by atoms with Crippen LogP contribution in [0.1, 0.15) is 33.1 Å². The van der Waals surface area contributed by atoms with E-state index in [4.69, 9.17) is 11.6 Å². The first-order valence-corrected chi connectivity index (χ1v) is 6.30. The van der Waals surface area contributed by atoms with Crippen LogP contribution in [-0.4, -0.2) is 21.7 Å². The standard InChI is InChI=1S/C11H15ClFN3O2/c1-6-4-3-5-7(2)15(6)16-10(17)8(13)9(12)14-11(16)18/h6-7H,3-5H2,1-2H3,(H,14,18). The molecular formula is C11H15ClFN3O2. The van der Waals surface area contributed by atoms with Crippen LogP contribution in [0.5, 0.6) is 0 Å². The molecule has 0 aromatic carbocycles. The second-order valence-electron chi connectivity index (χ2n) is 4.68. The Hall–Kier alpha value is -1.30. The third-order valence-electron chi connectivity index (χ3n) is 3.36.